The van der Waals surface area contributed by atoms with Crippen molar-refractivity contribution in [3.8, 4) is 0 Å². The smallest absolute Gasteiger partial charge is 0.313 e. The highest BCUT2D eigenvalue weighted by Crippen LogP contribution is 2.26. The monoisotopic (exact) mass is 216 g/mol. The van der Waals surface area contributed by atoms with E-state index < -0.39 is 0 Å². The van der Waals surface area contributed by atoms with Crippen LogP contribution in [-0.2, 0) is 16.0 Å². The van der Waals surface area contributed by atoms with E-state index in [4.69, 9.17) is 4.74 Å². The molecule has 1 aromatic carbocycles. The van der Waals surface area contributed by atoms with Gasteiger partial charge < -0.3 is 4.74 Å². The molecule has 0 spiro atoms. The van der Waals surface area contributed by atoms with Gasteiger partial charge in [-0.15, -0.1) is 0 Å². The van der Waals surface area contributed by atoms with E-state index in [0.717, 1.165) is 6.42 Å². The van der Waals surface area contributed by atoms with Gasteiger partial charge in [0.05, 0.1) is 12.5 Å². The Kier molecular flexibility index (Phi) is 3.40. The van der Waals surface area contributed by atoms with Crippen LogP contribution in [0.3, 0.4) is 0 Å². The average molecular weight is 216 g/mol. The molecule has 0 aliphatic carbocycles. The summed E-state index contributed by atoms with van der Waals surface area (Å²) in [5.74, 6) is 0.135. The zero-order chi connectivity index (χ0) is 11.4. The number of esters is 1. The van der Waals surface area contributed by atoms with Gasteiger partial charge in [0.1, 0.15) is 0 Å². The Bertz CT molecular complexity index is 381. The van der Waals surface area contributed by atoms with Crippen LogP contribution in [0.15, 0.2) is 42.5 Å². The summed E-state index contributed by atoms with van der Waals surface area (Å²) in [6, 6.07) is 10.2. The second-order valence-electron chi connectivity index (χ2n) is 4.13. The predicted molar refractivity (Wildman–Crippen MR) is 62.9 cm³/mol. The first-order chi connectivity index (χ1) is 7.81. The minimum Gasteiger partial charge on any atom is -0.465 e. The van der Waals surface area contributed by atoms with Gasteiger partial charge in [-0.1, -0.05) is 42.5 Å². The van der Waals surface area contributed by atoms with Crippen molar-refractivity contribution in [2.45, 2.75) is 13.3 Å². The lowest BCUT2D eigenvalue weighted by Crippen LogP contribution is -2.15. The first kappa shape index (κ1) is 10.9. The van der Waals surface area contributed by atoms with Crippen LogP contribution in [0.25, 0.3) is 0 Å². The molecule has 0 N–H and O–H groups in total. The normalized spacial score (nSPS) is 24.9. The van der Waals surface area contributed by atoms with Gasteiger partial charge in [0.2, 0.25) is 0 Å². The van der Waals surface area contributed by atoms with Crippen LogP contribution in [0.5, 0.6) is 0 Å². The molecule has 2 rings (SSSR count). The fourth-order valence-electron chi connectivity index (χ4n) is 2.13. The Labute approximate surface area is 95.9 Å². The predicted octanol–water partition coefficient (Wildman–Crippen LogP) is 2.59. The van der Waals surface area contributed by atoms with Gasteiger partial charge in [0, 0.05) is 5.92 Å². The molecule has 16 heavy (non-hydrogen) atoms. The zero-order valence-corrected chi connectivity index (χ0v) is 9.43. The summed E-state index contributed by atoms with van der Waals surface area (Å²) in [6.07, 6.45) is 4.78. The molecular formula is C14H16O2. The second kappa shape index (κ2) is 4.97. The van der Waals surface area contributed by atoms with E-state index in [-0.39, 0.29) is 17.8 Å². The molecule has 2 heteroatoms. The van der Waals surface area contributed by atoms with Crippen LogP contribution >= 0.6 is 0 Å². The molecule has 0 bridgehead atoms. The van der Waals surface area contributed by atoms with Crippen molar-refractivity contribution >= 4 is 5.97 Å². The van der Waals surface area contributed by atoms with Crippen molar-refractivity contribution in [1.29, 1.82) is 0 Å². The highest BCUT2D eigenvalue weighted by atomic mass is 16.5. The molecule has 1 heterocycles. The zero-order valence-electron chi connectivity index (χ0n) is 9.43. The van der Waals surface area contributed by atoms with Crippen LogP contribution < -0.4 is 0 Å². The second-order valence-corrected chi connectivity index (χ2v) is 4.13. The van der Waals surface area contributed by atoms with Crippen LogP contribution in [0.2, 0.25) is 0 Å². The first-order valence-corrected chi connectivity index (χ1v) is 5.64. The minimum atomic E-state index is -0.0842. The largest absolute Gasteiger partial charge is 0.465 e. The third-order valence-electron chi connectivity index (χ3n) is 2.96. The Morgan fingerprint density at radius 1 is 1.38 bits per heavy atom. The maximum Gasteiger partial charge on any atom is 0.313 e. The van der Waals surface area contributed by atoms with E-state index >= 15 is 0 Å². The van der Waals surface area contributed by atoms with E-state index in [9.17, 15) is 4.79 Å². The first-order valence-electron chi connectivity index (χ1n) is 5.64. The molecule has 0 aromatic heterocycles. The molecule has 0 saturated carbocycles. The molecular weight excluding hydrogens is 200 g/mol. The fraction of sp³-hybridized carbons (Fsp3) is 0.357. The van der Waals surface area contributed by atoms with Crippen molar-refractivity contribution in [3.63, 3.8) is 0 Å². The molecule has 1 aromatic rings. The van der Waals surface area contributed by atoms with Gasteiger partial charge in [-0.2, -0.15) is 0 Å². The van der Waals surface area contributed by atoms with Gasteiger partial charge in [-0.3, -0.25) is 4.79 Å². The highest BCUT2D eigenvalue weighted by Gasteiger charge is 2.34. The summed E-state index contributed by atoms with van der Waals surface area (Å²) in [5.41, 5.74) is 1.26. The number of carbonyl (C=O) groups excluding carboxylic acids is 1. The van der Waals surface area contributed by atoms with Gasteiger partial charge in [0.25, 0.3) is 0 Å². The summed E-state index contributed by atoms with van der Waals surface area (Å²) in [5, 5.41) is 0. The van der Waals surface area contributed by atoms with Gasteiger partial charge >= 0.3 is 5.97 Å². The lowest BCUT2D eigenvalue weighted by Gasteiger charge is -2.11. The molecule has 0 unspecified atom stereocenters. The average Bonchev–Trinajstić information content (AvgIpc) is 2.64. The van der Waals surface area contributed by atoms with Crippen LogP contribution in [0, 0.1) is 11.8 Å². The summed E-state index contributed by atoms with van der Waals surface area (Å²) in [6.45, 7) is 2.48. The summed E-state index contributed by atoms with van der Waals surface area (Å²) >= 11 is 0. The summed E-state index contributed by atoms with van der Waals surface area (Å²) in [7, 11) is 0. The molecule has 0 radical (unpaired) electrons. The molecule has 1 saturated heterocycles. The quantitative estimate of drug-likeness (QED) is 0.573. The van der Waals surface area contributed by atoms with Crippen LogP contribution in [0.1, 0.15) is 12.5 Å². The lowest BCUT2D eigenvalue weighted by atomic mass is 9.89. The number of ether oxygens (including phenoxy) is 1. The molecule has 1 fully saturated rings. The molecule has 84 valence electrons. The van der Waals surface area contributed by atoms with E-state index in [2.05, 4.69) is 12.1 Å². The number of carbonyl (C=O) groups is 1. The molecule has 1 aliphatic rings. The maximum atomic E-state index is 11.5. The molecule has 0 amide bonds. The van der Waals surface area contributed by atoms with Gasteiger partial charge in [-0.25, -0.2) is 0 Å². The van der Waals surface area contributed by atoms with Crippen LogP contribution in [0.4, 0.5) is 0 Å². The fourth-order valence-corrected chi connectivity index (χ4v) is 2.13. The highest BCUT2D eigenvalue weighted by molar-refractivity contribution is 5.76. The summed E-state index contributed by atoms with van der Waals surface area (Å²) < 4.78 is 5.11. The molecule has 1 aliphatic heterocycles. The summed E-state index contributed by atoms with van der Waals surface area (Å²) in [4.78, 5) is 11.5. The van der Waals surface area contributed by atoms with E-state index in [1.54, 1.807) is 0 Å². The molecule has 2 atom stereocenters. The number of hydrogen-bond acceptors (Lipinski definition) is 2. The third-order valence-corrected chi connectivity index (χ3v) is 2.96. The maximum absolute atomic E-state index is 11.5. The number of hydrogen-bond donors (Lipinski definition) is 0. The topological polar surface area (TPSA) is 26.3 Å². The lowest BCUT2D eigenvalue weighted by molar-refractivity contribution is -0.140. The Morgan fingerprint density at radius 2 is 2.12 bits per heavy atom. The van der Waals surface area contributed by atoms with Gasteiger partial charge in [-0.05, 0) is 18.9 Å². The standard InChI is InChI=1S/C14H16O2/c1-2-6-13-12(10-16-14(13)15)9-11-7-4-3-5-8-11/h2-8,12-13H,9-10H2,1H3/b6-2+/t12-,13-/m1/s1. The van der Waals surface area contributed by atoms with Crippen molar-refractivity contribution in [2.75, 3.05) is 6.61 Å². The minimum absolute atomic E-state index is 0.0646. The SMILES string of the molecule is C/C=C/[C@H]1C(=O)OC[C@H]1Cc1ccccc1. The van der Waals surface area contributed by atoms with E-state index in [0.29, 0.717) is 6.61 Å². The Morgan fingerprint density at radius 3 is 2.81 bits per heavy atom. The van der Waals surface area contributed by atoms with Crippen molar-refractivity contribution in [2.24, 2.45) is 11.8 Å². The number of benzene rings is 1. The Balaban J connectivity index is 2.07. The van der Waals surface area contributed by atoms with Crippen molar-refractivity contribution in [1.82, 2.24) is 0 Å². The third kappa shape index (κ3) is 2.32. The van der Waals surface area contributed by atoms with Crippen molar-refractivity contribution in [3.05, 3.63) is 48.0 Å². The number of cyclic esters (lactones) is 1. The van der Waals surface area contributed by atoms with E-state index in [1.165, 1.54) is 5.56 Å². The van der Waals surface area contributed by atoms with Gasteiger partial charge in [0.15, 0.2) is 0 Å². The molecule has 2 nitrogen and oxygen atoms in total. The van der Waals surface area contributed by atoms with Crippen LogP contribution in [-0.4, -0.2) is 12.6 Å². The van der Waals surface area contributed by atoms with Crippen molar-refractivity contribution < 1.29 is 9.53 Å². The van der Waals surface area contributed by atoms with E-state index in [1.807, 2.05) is 37.3 Å². The number of allylic oxidation sites excluding steroid dienone is 1. The Hall–Kier alpha value is -1.57. The number of rotatable bonds is 3.